The van der Waals surface area contributed by atoms with Crippen molar-refractivity contribution in [3.05, 3.63) is 59.3 Å². The van der Waals surface area contributed by atoms with Gasteiger partial charge in [0.15, 0.2) is 5.76 Å². The van der Waals surface area contributed by atoms with Crippen molar-refractivity contribution in [2.75, 3.05) is 31.1 Å². The van der Waals surface area contributed by atoms with Gasteiger partial charge < -0.3 is 14.3 Å². The third kappa shape index (κ3) is 3.97. The van der Waals surface area contributed by atoms with E-state index in [-0.39, 0.29) is 17.4 Å². The maximum Gasteiger partial charge on any atom is 0.256 e. The first-order valence-electron chi connectivity index (χ1n) is 11.2. The molecule has 32 heavy (non-hydrogen) atoms. The van der Waals surface area contributed by atoms with Crippen LogP contribution in [-0.4, -0.2) is 52.1 Å². The molecule has 2 fully saturated rings. The van der Waals surface area contributed by atoms with Gasteiger partial charge in [-0.2, -0.15) is 0 Å². The average molecular weight is 436 g/mol. The van der Waals surface area contributed by atoms with Crippen LogP contribution in [0.5, 0.6) is 0 Å². The highest BCUT2D eigenvalue weighted by Gasteiger charge is 2.31. The van der Waals surface area contributed by atoms with Crippen LogP contribution in [0.2, 0.25) is 0 Å². The van der Waals surface area contributed by atoms with Crippen molar-refractivity contribution >= 4 is 11.9 Å². The van der Waals surface area contributed by atoms with E-state index < -0.39 is 5.82 Å². The topological polar surface area (TPSA) is 75.4 Å². The quantitative estimate of drug-likeness (QED) is 0.611. The minimum atomic E-state index is -0.490. The van der Waals surface area contributed by atoms with Crippen LogP contribution >= 0.6 is 0 Å². The number of piperidine rings is 1. The molecule has 0 aliphatic carbocycles. The molecule has 5 rings (SSSR count). The molecule has 2 aromatic heterocycles. The molecule has 2 aliphatic rings. The van der Waals surface area contributed by atoms with Crippen LogP contribution < -0.4 is 4.90 Å². The molecule has 1 aromatic carbocycles. The highest BCUT2D eigenvalue weighted by atomic mass is 19.1. The first kappa shape index (κ1) is 20.6. The van der Waals surface area contributed by atoms with Crippen molar-refractivity contribution in [2.24, 2.45) is 0 Å². The van der Waals surface area contributed by atoms with E-state index in [2.05, 4.69) is 15.0 Å². The first-order chi connectivity index (χ1) is 15.6. The normalized spacial score (nSPS) is 18.9. The Bertz CT molecular complexity index is 1130. The fraction of sp³-hybridized carbons (Fsp3) is 0.417. The smallest absolute Gasteiger partial charge is 0.256 e. The molecule has 8 heteroatoms. The lowest BCUT2D eigenvalue weighted by atomic mass is 9.91. The van der Waals surface area contributed by atoms with E-state index in [0.717, 1.165) is 61.7 Å². The molecule has 1 atom stereocenters. The Hall–Kier alpha value is -3.29. The summed E-state index contributed by atoms with van der Waals surface area (Å²) in [6.07, 6.45) is 5.79. The Kier molecular flexibility index (Phi) is 5.59. The molecule has 4 heterocycles. The van der Waals surface area contributed by atoms with Gasteiger partial charge in [0, 0.05) is 44.4 Å². The summed E-state index contributed by atoms with van der Waals surface area (Å²) in [7, 11) is 0. The Morgan fingerprint density at radius 1 is 1.16 bits per heavy atom. The molecule has 0 radical (unpaired) electrons. The highest BCUT2D eigenvalue weighted by molar-refractivity contribution is 5.94. The zero-order valence-electron chi connectivity index (χ0n) is 18.1. The van der Waals surface area contributed by atoms with E-state index in [1.807, 2.05) is 19.2 Å². The second kappa shape index (κ2) is 8.68. The fourth-order valence-electron chi connectivity index (χ4n) is 4.64. The maximum absolute atomic E-state index is 14.2. The molecule has 1 amide bonds. The lowest BCUT2D eigenvalue weighted by molar-refractivity contribution is 0.0701. The molecule has 0 spiro atoms. The zero-order chi connectivity index (χ0) is 22.1. The number of likely N-dealkylation sites (tertiary alicyclic amines) is 1. The summed E-state index contributed by atoms with van der Waals surface area (Å²) in [5.41, 5.74) is 2.57. The number of aryl methyl sites for hydroxylation is 1. The molecule has 166 valence electrons. The van der Waals surface area contributed by atoms with Crippen molar-refractivity contribution in [1.82, 2.24) is 20.0 Å². The summed E-state index contributed by atoms with van der Waals surface area (Å²) in [5, 5.41) is 4.02. The first-order valence-corrected chi connectivity index (χ1v) is 11.2. The van der Waals surface area contributed by atoms with Gasteiger partial charge in [-0.1, -0.05) is 17.3 Å². The van der Waals surface area contributed by atoms with Gasteiger partial charge in [-0.25, -0.2) is 14.4 Å². The number of rotatable bonds is 4. The van der Waals surface area contributed by atoms with Crippen LogP contribution in [0, 0.1) is 12.7 Å². The minimum absolute atomic E-state index is 0.00392. The van der Waals surface area contributed by atoms with E-state index in [1.54, 1.807) is 23.1 Å². The van der Waals surface area contributed by atoms with Crippen LogP contribution in [0.3, 0.4) is 0 Å². The Morgan fingerprint density at radius 3 is 2.72 bits per heavy atom. The summed E-state index contributed by atoms with van der Waals surface area (Å²) in [6.45, 7) is 4.85. The Balaban J connectivity index is 1.48. The monoisotopic (exact) mass is 435 g/mol. The molecule has 2 saturated heterocycles. The van der Waals surface area contributed by atoms with Gasteiger partial charge in [0.25, 0.3) is 5.91 Å². The second-order valence-corrected chi connectivity index (χ2v) is 8.57. The van der Waals surface area contributed by atoms with Gasteiger partial charge in [0.1, 0.15) is 5.82 Å². The van der Waals surface area contributed by atoms with E-state index in [0.29, 0.717) is 18.8 Å². The Morgan fingerprint density at radius 2 is 1.97 bits per heavy atom. The summed E-state index contributed by atoms with van der Waals surface area (Å²) in [6, 6.07) is 8.03. The minimum Gasteiger partial charge on any atom is -0.356 e. The largest absolute Gasteiger partial charge is 0.356 e. The average Bonchev–Trinajstić information content (AvgIpc) is 3.51. The van der Waals surface area contributed by atoms with Gasteiger partial charge in [-0.15, -0.1) is 0 Å². The lowest BCUT2D eigenvalue weighted by Gasteiger charge is -2.33. The van der Waals surface area contributed by atoms with Crippen LogP contribution in [0.4, 0.5) is 10.3 Å². The van der Waals surface area contributed by atoms with Crippen molar-refractivity contribution in [3.8, 4) is 11.3 Å². The number of carbonyl (C=O) groups excluding carboxylic acids is 1. The summed E-state index contributed by atoms with van der Waals surface area (Å²) in [4.78, 5) is 26.6. The zero-order valence-corrected chi connectivity index (χ0v) is 18.1. The van der Waals surface area contributed by atoms with Crippen LogP contribution in [0.25, 0.3) is 11.3 Å². The molecule has 0 N–H and O–H groups in total. The van der Waals surface area contributed by atoms with E-state index in [1.165, 1.54) is 6.07 Å². The number of benzene rings is 1. The van der Waals surface area contributed by atoms with Gasteiger partial charge >= 0.3 is 0 Å². The van der Waals surface area contributed by atoms with Crippen molar-refractivity contribution in [1.29, 1.82) is 0 Å². The molecule has 0 unspecified atom stereocenters. The molecule has 7 nitrogen and oxygen atoms in total. The number of aromatic nitrogens is 3. The predicted molar refractivity (Wildman–Crippen MR) is 118 cm³/mol. The number of hydrogen-bond donors (Lipinski definition) is 0. The van der Waals surface area contributed by atoms with Crippen LogP contribution in [-0.2, 0) is 0 Å². The van der Waals surface area contributed by atoms with Gasteiger partial charge in [0.2, 0.25) is 5.95 Å². The number of hydrogen-bond acceptors (Lipinski definition) is 6. The van der Waals surface area contributed by atoms with E-state index in [9.17, 15) is 9.18 Å². The maximum atomic E-state index is 14.2. The Labute approximate surface area is 186 Å². The number of nitrogens with zero attached hydrogens (tertiary/aromatic N) is 5. The van der Waals surface area contributed by atoms with Gasteiger partial charge in [-0.3, -0.25) is 4.79 Å². The summed E-state index contributed by atoms with van der Waals surface area (Å²) >= 11 is 0. The molecule has 0 saturated carbocycles. The standard InChI is InChI=1S/C24H26FN5O2/c1-16-13-21(32-28-16)19-14-26-24(29-10-4-5-11-29)27-22(19)17-7-6-12-30(15-17)23(31)18-8-2-3-9-20(18)25/h2-3,8-9,13-14,17H,4-7,10-12,15H2,1H3/t17-/m1/s1. The third-order valence-electron chi connectivity index (χ3n) is 6.29. The van der Waals surface area contributed by atoms with Crippen LogP contribution in [0.1, 0.15) is 53.3 Å². The van der Waals surface area contributed by atoms with E-state index >= 15 is 0 Å². The highest BCUT2D eigenvalue weighted by Crippen LogP contribution is 2.35. The number of anilines is 1. The lowest BCUT2D eigenvalue weighted by Crippen LogP contribution is -2.40. The number of carbonyl (C=O) groups is 1. The van der Waals surface area contributed by atoms with Crippen LogP contribution in [0.15, 0.2) is 41.1 Å². The van der Waals surface area contributed by atoms with Crippen molar-refractivity contribution < 1.29 is 13.7 Å². The van der Waals surface area contributed by atoms with Gasteiger partial charge in [-0.05, 0) is 44.7 Å². The third-order valence-corrected chi connectivity index (χ3v) is 6.29. The summed E-state index contributed by atoms with van der Waals surface area (Å²) < 4.78 is 19.8. The van der Waals surface area contributed by atoms with Crippen molar-refractivity contribution in [2.45, 2.75) is 38.5 Å². The van der Waals surface area contributed by atoms with E-state index in [4.69, 9.17) is 9.51 Å². The summed E-state index contributed by atoms with van der Waals surface area (Å²) in [5.74, 6) is 0.580. The molecule has 0 bridgehead atoms. The molecule has 2 aliphatic heterocycles. The fourth-order valence-corrected chi connectivity index (χ4v) is 4.64. The van der Waals surface area contributed by atoms with Gasteiger partial charge in [0.05, 0.1) is 22.5 Å². The van der Waals surface area contributed by atoms with Crippen molar-refractivity contribution in [3.63, 3.8) is 0 Å². The SMILES string of the molecule is Cc1cc(-c2cnc(N3CCCC3)nc2[C@@H]2CCCN(C(=O)c3ccccc3F)C2)on1. The molecular formula is C24H26FN5O2. The number of amides is 1. The predicted octanol–water partition coefficient (Wildman–Crippen LogP) is 4.20. The number of halogens is 1. The second-order valence-electron chi connectivity index (χ2n) is 8.57. The molecule has 3 aromatic rings. The molecular weight excluding hydrogens is 409 g/mol.